The Morgan fingerprint density at radius 2 is 1.74 bits per heavy atom. The Kier molecular flexibility index (Phi) is 5.14. The molecule has 1 saturated carbocycles. The summed E-state index contributed by atoms with van der Waals surface area (Å²) in [6, 6.07) is 8.57. The second-order valence-electron chi connectivity index (χ2n) is 6.97. The van der Waals surface area contributed by atoms with Crippen LogP contribution in [-0.2, 0) is 0 Å². The van der Waals surface area contributed by atoms with E-state index >= 15 is 0 Å². The van der Waals surface area contributed by atoms with E-state index in [1.807, 2.05) is 6.07 Å². The van der Waals surface area contributed by atoms with Gasteiger partial charge in [0.25, 0.3) is 0 Å². The van der Waals surface area contributed by atoms with Crippen LogP contribution in [0.1, 0.15) is 50.3 Å². The van der Waals surface area contributed by atoms with Crippen molar-refractivity contribution in [2.45, 2.75) is 44.4 Å². The van der Waals surface area contributed by atoms with Crippen molar-refractivity contribution in [3.8, 4) is 28.7 Å². The molecular formula is C21H23FN4O. The van der Waals surface area contributed by atoms with Crippen molar-refractivity contribution in [2.75, 3.05) is 7.11 Å². The van der Waals surface area contributed by atoms with Crippen LogP contribution in [0.2, 0.25) is 0 Å². The molecule has 3 aromatic rings. The molecule has 6 heteroatoms. The van der Waals surface area contributed by atoms with Gasteiger partial charge in [0.2, 0.25) is 0 Å². The summed E-state index contributed by atoms with van der Waals surface area (Å²) in [5.74, 6) is 1.15. The van der Waals surface area contributed by atoms with Crippen LogP contribution in [0.4, 0.5) is 4.39 Å². The van der Waals surface area contributed by atoms with Crippen molar-refractivity contribution in [1.29, 1.82) is 0 Å². The second kappa shape index (κ2) is 7.86. The predicted octanol–water partition coefficient (Wildman–Crippen LogP) is 5.12. The van der Waals surface area contributed by atoms with E-state index in [1.54, 1.807) is 25.4 Å². The molecule has 1 aliphatic rings. The molecule has 1 aromatic carbocycles. The molecule has 0 bridgehead atoms. The molecule has 0 atom stereocenters. The highest BCUT2D eigenvalue weighted by Crippen LogP contribution is 2.35. The molecule has 2 heterocycles. The Balaban J connectivity index is 1.80. The van der Waals surface area contributed by atoms with Gasteiger partial charge in [-0.15, -0.1) is 0 Å². The second-order valence-corrected chi connectivity index (χ2v) is 6.97. The molecule has 0 radical (unpaired) electrons. The number of benzene rings is 1. The molecule has 4 rings (SSSR count). The lowest BCUT2D eigenvalue weighted by Crippen LogP contribution is -2.00. The SMILES string of the molecule is COc1nccc(-c2[nH]c(C3CCCCCC3)nc2-c2ccc(F)cc2)n1. The van der Waals surface area contributed by atoms with Gasteiger partial charge in [0, 0.05) is 17.7 Å². The highest BCUT2D eigenvalue weighted by atomic mass is 19.1. The molecule has 1 aliphatic carbocycles. The molecule has 0 spiro atoms. The van der Waals surface area contributed by atoms with Crippen molar-refractivity contribution in [1.82, 2.24) is 19.9 Å². The van der Waals surface area contributed by atoms with E-state index in [-0.39, 0.29) is 5.82 Å². The van der Waals surface area contributed by atoms with Crippen molar-refractivity contribution >= 4 is 0 Å². The summed E-state index contributed by atoms with van der Waals surface area (Å²) in [6.45, 7) is 0. The number of halogens is 1. The molecular weight excluding hydrogens is 343 g/mol. The van der Waals surface area contributed by atoms with Gasteiger partial charge in [-0.3, -0.25) is 0 Å². The van der Waals surface area contributed by atoms with Crippen LogP contribution in [0, 0.1) is 5.82 Å². The largest absolute Gasteiger partial charge is 0.467 e. The van der Waals surface area contributed by atoms with Gasteiger partial charge in [0.15, 0.2) is 0 Å². The summed E-state index contributed by atoms with van der Waals surface area (Å²) in [5, 5.41) is 0. The van der Waals surface area contributed by atoms with Crippen molar-refractivity contribution in [3.63, 3.8) is 0 Å². The van der Waals surface area contributed by atoms with Crippen LogP contribution in [0.25, 0.3) is 22.6 Å². The molecule has 0 unspecified atom stereocenters. The fraction of sp³-hybridized carbons (Fsp3) is 0.381. The molecule has 0 aliphatic heterocycles. The molecule has 1 N–H and O–H groups in total. The quantitative estimate of drug-likeness (QED) is 0.651. The van der Waals surface area contributed by atoms with E-state index < -0.39 is 0 Å². The lowest BCUT2D eigenvalue weighted by molar-refractivity contribution is 0.380. The number of ether oxygens (including phenoxy) is 1. The maximum atomic E-state index is 13.4. The van der Waals surface area contributed by atoms with Crippen molar-refractivity contribution < 1.29 is 9.13 Å². The minimum absolute atomic E-state index is 0.261. The van der Waals surface area contributed by atoms with Gasteiger partial charge < -0.3 is 9.72 Å². The minimum atomic E-state index is -0.261. The van der Waals surface area contributed by atoms with E-state index in [4.69, 9.17) is 9.72 Å². The van der Waals surface area contributed by atoms with Gasteiger partial charge >= 0.3 is 6.01 Å². The highest BCUT2D eigenvalue weighted by molar-refractivity contribution is 5.76. The summed E-state index contributed by atoms with van der Waals surface area (Å²) in [5.41, 5.74) is 3.19. The number of aromatic amines is 1. The minimum Gasteiger partial charge on any atom is -0.467 e. The zero-order valence-corrected chi connectivity index (χ0v) is 15.4. The summed E-state index contributed by atoms with van der Waals surface area (Å²) >= 11 is 0. The summed E-state index contributed by atoms with van der Waals surface area (Å²) < 4.78 is 18.6. The Morgan fingerprint density at radius 1 is 1.00 bits per heavy atom. The van der Waals surface area contributed by atoms with Crippen LogP contribution in [-0.4, -0.2) is 27.0 Å². The zero-order valence-electron chi connectivity index (χ0n) is 15.4. The van der Waals surface area contributed by atoms with Crippen LogP contribution in [0.3, 0.4) is 0 Å². The highest BCUT2D eigenvalue weighted by Gasteiger charge is 2.22. The van der Waals surface area contributed by atoms with E-state index in [0.717, 1.165) is 35.6 Å². The third kappa shape index (κ3) is 3.84. The summed E-state index contributed by atoms with van der Waals surface area (Å²) in [4.78, 5) is 17.0. The molecule has 1 fully saturated rings. The molecule has 27 heavy (non-hydrogen) atoms. The first-order valence-corrected chi connectivity index (χ1v) is 9.48. The number of H-pyrrole nitrogens is 1. The molecule has 2 aromatic heterocycles. The van der Waals surface area contributed by atoms with E-state index in [9.17, 15) is 4.39 Å². The van der Waals surface area contributed by atoms with Crippen LogP contribution in [0.5, 0.6) is 6.01 Å². The predicted molar refractivity (Wildman–Crippen MR) is 102 cm³/mol. The average Bonchev–Trinajstić information content (AvgIpc) is 2.96. The van der Waals surface area contributed by atoms with Crippen LogP contribution >= 0.6 is 0 Å². The average molecular weight is 366 g/mol. The third-order valence-electron chi connectivity index (χ3n) is 5.15. The Hall–Kier alpha value is -2.76. The van der Waals surface area contributed by atoms with Gasteiger partial charge in [-0.25, -0.2) is 14.4 Å². The monoisotopic (exact) mass is 366 g/mol. The Morgan fingerprint density at radius 3 is 2.44 bits per heavy atom. The lowest BCUT2D eigenvalue weighted by atomic mass is 10.00. The topological polar surface area (TPSA) is 63.7 Å². The zero-order chi connectivity index (χ0) is 18.6. The van der Waals surface area contributed by atoms with Gasteiger partial charge in [-0.1, -0.05) is 25.7 Å². The van der Waals surface area contributed by atoms with E-state index in [0.29, 0.717) is 17.6 Å². The lowest BCUT2D eigenvalue weighted by Gasteiger charge is -2.10. The first kappa shape index (κ1) is 17.6. The number of methoxy groups -OCH3 is 1. The molecule has 140 valence electrons. The fourth-order valence-electron chi connectivity index (χ4n) is 3.72. The molecule has 0 amide bonds. The first-order chi connectivity index (χ1) is 13.2. The van der Waals surface area contributed by atoms with Gasteiger partial charge in [0.05, 0.1) is 24.2 Å². The Bertz CT molecular complexity index is 899. The number of nitrogens with one attached hydrogen (secondary N) is 1. The van der Waals surface area contributed by atoms with Crippen LogP contribution in [0.15, 0.2) is 36.5 Å². The van der Waals surface area contributed by atoms with Crippen LogP contribution < -0.4 is 4.74 Å². The fourth-order valence-corrected chi connectivity index (χ4v) is 3.72. The van der Waals surface area contributed by atoms with Crippen molar-refractivity contribution in [3.05, 3.63) is 48.2 Å². The number of aromatic nitrogens is 4. The standard InChI is InChI=1S/C21H23FN4O/c1-27-21-23-13-12-17(24-21)19-18(14-8-10-16(22)11-9-14)25-20(26-19)15-6-4-2-3-5-7-15/h8-13,15H,2-7H2,1H3,(H,25,26). The number of hydrogen-bond acceptors (Lipinski definition) is 4. The number of nitrogens with zero attached hydrogens (tertiary/aromatic N) is 3. The maximum absolute atomic E-state index is 13.4. The van der Waals surface area contributed by atoms with E-state index in [2.05, 4.69) is 15.0 Å². The summed E-state index contributed by atoms with van der Waals surface area (Å²) in [7, 11) is 1.55. The maximum Gasteiger partial charge on any atom is 0.316 e. The molecule has 5 nitrogen and oxygen atoms in total. The normalized spacial score (nSPS) is 15.5. The van der Waals surface area contributed by atoms with E-state index in [1.165, 1.54) is 37.8 Å². The first-order valence-electron chi connectivity index (χ1n) is 9.48. The van der Waals surface area contributed by atoms with Crippen molar-refractivity contribution in [2.24, 2.45) is 0 Å². The third-order valence-corrected chi connectivity index (χ3v) is 5.15. The molecule has 0 saturated heterocycles. The van der Waals surface area contributed by atoms with Gasteiger partial charge in [0.1, 0.15) is 11.6 Å². The van der Waals surface area contributed by atoms with Gasteiger partial charge in [-0.05, 0) is 43.2 Å². The van der Waals surface area contributed by atoms with Gasteiger partial charge in [-0.2, -0.15) is 4.98 Å². The Labute approximate surface area is 158 Å². The summed E-state index contributed by atoms with van der Waals surface area (Å²) in [6.07, 6.45) is 8.99. The number of hydrogen-bond donors (Lipinski definition) is 1. The number of rotatable bonds is 4. The smallest absolute Gasteiger partial charge is 0.316 e. The number of imidazole rings is 1.